The highest BCUT2D eigenvalue weighted by Gasteiger charge is 2.04. The lowest BCUT2D eigenvalue weighted by Gasteiger charge is -2.01. The summed E-state index contributed by atoms with van der Waals surface area (Å²) in [5.74, 6) is -0.492. The number of ether oxygens (including phenoxy) is 2. The van der Waals surface area contributed by atoms with Crippen molar-refractivity contribution in [2.75, 3.05) is 33.5 Å². The maximum atomic E-state index is 11.3. The van der Waals surface area contributed by atoms with E-state index in [0.29, 0.717) is 32.8 Å². The van der Waals surface area contributed by atoms with Gasteiger partial charge in [0, 0.05) is 26.5 Å². The van der Waals surface area contributed by atoms with Crippen LogP contribution in [0.25, 0.3) is 0 Å². The Kier molecular flexibility index (Phi) is 6.55. The molecule has 0 spiro atoms. The van der Waals surface area contributed by atoms with Crippen LogP contribution >= 0.6 is 0 Å². The van der Waals surface area contributed by atoms with Crippen LogP contribution in [-0.2, 0) is 9.47 Å². The predicted molar refractivity (Wildman–Crippen MR) is 69.1 cm³/mol. The number of aromatic nitrogens is 2. The lowest BCUT2D eigenvalue weighted by molar-refractivity contribution is 0.0703. The Bertz CT molecular complexity index is 520. The fourth-order valence-corrected chi connectivity index (χ4v) is 1.26. The number of hydrogen-bond donors (Lipinski definition) is 3. The fraction of sp³-hybridized carbons (Fsp3) is 0.545. The van der Waals surface area contributed by atoms with E-state index in [0.717, 1.165) is 0 Å². The van der Waals surface area contributed by atoms with E-state index in [-0.39, 0.29) is 5.56 Å². The molecule has 106 valence electrons. The molecule has 1 aromatic rings. The van der Waals surface area contributed by atoms with Gasteiger partial charge in [0.05, 0.1) is 13.2 Å². The minimum Gasteiger partial charge on any atom is -0.494 e. The molecule has 0 aliphatic carbocycles. The van der Waals surface area contributed by atoms with Crippen LogP contribution in [0.2, 0.25) is 0 Å². The van der Waals surface area contributed by atoms with Crippen LogP contribution < -0.4 is 11.2 Å². The Balaban J connectivity index is 2.37. The molecule has 3 N–H and O–H groups in total. The van der Waals surface area contributed by atoms with E-state index in [9.17, 15) is 14.7 Å². The maximum Gasteiger partial charge on any atom is 0.328 e. The van der Waals surface area contributed by atoms with E-state index >= 15 is 0 Å². The number of H-pyrrole nitrogens is 2. The number of aliphatic imine (C=N–C) groups is 1. The third-order valence-corrected chi connectivity index (χ3v) is 2.19. The average molecular weight is 271 g/mol. The lowest BCUT2D eigenvalue weighted by atomic mass is 10.3. The normalized spacial score (nSPS) is 11.2. The molecule has 0 saturated heterocycles. The van der Waals surface area contributed by atoms with Crippen LogP contribution in [0.3, 0.4) is 0 Å². The van der Waals surface area contributed by atoms with Gasteiger partial charge in [0.2, 0.25) is 5.88 Å². The second-order valence-electron chi connectivity index (χ2n) is 3.66. The van der Waals surface area contributed by atoms with E-state index in [4.69, 9.17) is 9.47 Å². The summed E-state index contributed by atoms with van der Waals surface area (Å²) in [5.41, 5.74) is -1.51. The highest BCUT2D eigenvalue weighted by molar-refractivity contribution is 5.81. The number of aromatic amines is 2. The van der Waals surface area contributed by atoms with Crippen LogP contribution in [0.5, 0.6) is 5.88 Å². The molecule has 0 fully saturated rings. The molecule has 19 heavy (non-hydrogen) atoms. The highest BCUT2D eigenvalue weighted by atomic mass is 16.5. The topological polar surface area (TPSA) is 117 Å². The van der Waals surface area contributed by atoms with Crippen LogP contribution in [0.4, 0.5) is 0 Å². The van der Waals surface area contributed by atoms with Gasteiger partial charge in [-0.25, -0.2) is 4.79 Å². The summed E-state index contributed by atoms with van der Waals surface area (Å²) in [7, 11) is 1.60. The summed E-state index contributed by atoms with van der Waals surface area (Å²) in [4.78, 5) is 30.2. The number of nitrogens with zero attached hydrogens (tertiary/aromatic N) is 1. The molecule has 0 aliphatic rings. The van der Waals surface area contributed by atoms with E-state index in [1.165, 1.54) is 6.21 Å². The van der Waals surface area contributed by atoms with Gasteiger partial charge in [-0.1, -0.05) is 0 Å². The van der Waals surface area contributed by atoms with Crippen LogP contribution in [0.15, 0.2) is 14.6 Å². The van der Waals surface area contributed by atoms with Crippen LogP contribution in [-0.4, -0.2) is 54.8 Å². The van der Waals surface area contributed by atoms with Gasteiger partial charge in [-0.3, -0.25) is 19.8 Å². The van der Waals surface area contributed by atoms with Gasteiger partial charge in [-0.2, -0.15) is 0 Å². The summed E-state index contributed by atoms with van der Waals surface area (Å²) in [6, 6.07) is 0. The molecular formula is C11H17N3O5. The molecule has 1 rings (SSSR count). The quantitative estimate of drug-likeness (QED) is 0.424. The second kappa shape index (κ2) is 8.22. The molecule has 0 amide bonds. The molecule has 0 aliphatic heterocycles. The first-order valence-corrected chi connectivity index (χ1v) is 5.77. The summed E-state index contributed by atoms with van der Waals surface area (Å²) >= 11 is 0. The van der Waals surface area contributed by atoms with E-state index in [1.54, 1.807) is 7.11 Å². The van der Waals surface area contributed by atoms with Crippen LogP contribution in [0.1, 0.15) is 12.0 Å². The van der Waals surface area contributed by atoms with Crippen LogP contribution in [0, 0.1) is 0 Å². The van der Waals surface area contributed by atoms with Crippen molar-refractivity contribution in [2.45, 2.75) is 6.42 Å². The van der Waals surface area contributed by atoms with Crippen molar-refractivity contribution in [1.82, 2.24) is 9.97 Å². The summed E-state index contributed by atoms with van der Waals surface area (Å²) in [6.07, 6.45) is 1.90. The molecule has 8 nitrogen and oxygen atoms in total. The van der Waals surface area contributed by atoms with Crippen molar-refractivity contribution in [2.24, 2.45) is 4.99 Å². The number of methoxy groups -OCH3 is 1. The van der Waals surface area contributed by atoms with Crippen molar-refractivity contribution in [3.05, 3.63) is 26.4 Å². The Labute approximate surface area is 109 Å². The number of aromatic hydroxyl groups is 1. The Morgan fingerprint density at radius 3 is 2.74 bits per heavy atom. The maximum absolute atomic E-state index is 11.3. The molecule has 1 aromatic heterocycles. The lowest BCUT2D eigenvalue weighted by Crippen LogP contribution is -2.24. The van der Waals surface area contributed by atoms with E-state index in [1.807, 2.05) is 4.98 Å². The van der Waals surface area contributed by atoms with Gasteiger partial charge < -0.3 is 14.6 Å². The standard InChI is InChI=1S/C11H17N3O5/c1-18-5-6-19-4-2-3-12-7-8-9(15)13-11(17)14-10(8)16/h7H,2-6H2,1H3,(H3,13,14,15,16,17). The zero-order valence-corrected chi connectivity index (χ0v) is 10.6. The summed E-state index contributed by atoms with van der Waals surface area (Å²) < 4.78 is 10.0. The van der Waals surface area contributed by atoms with Crippen molar-refractivity contribution in [3.63, 3.8) is 0 Å². The summed E-state index contributed by atoms with van der Waals surface area (Å²) in [6.45, 7) is 2.06. The Morgan fingerprint density at radius 2 is 2.05 bits per heavy atom. The number of hydrogen-bond acceptors (Lipinski definition) is 6. The molecule has 0 radical (unpaired) electrons. The van der Waals surface area contributed by atoms with Gasteiger partial charge in [0.25, 0.3) is 5.56 Å². The van der Waals surface area contributed by atoms with Crippen molar-refractivity contribution in [1.29, 1.82) is 0 Å². The molecule has 8 heteroatoms. The molecule has 0 bridgehead atoms. The first-order chi connectivity index (χ1) is 9.15. The zero-order valence-electron chi connectivity index (χ0n) is 10.6. The van der Waals surface area contributed by atoms with Gasteiger partial charge >= 0.3 is 5.69 Å². The Morgan fingerprint density at radius 1 is 1.26 bits per heavy atom. The first-order valence-electron chi connectivity index (χ1n) is 5.77. The minimum atomic E-state index is -0.758. The van der Waals surface area contributed by atoms with Crippen molar-refractivity contribution >= 4 is 6.21 Å². The SMILES string of the molecule is COCCOCCCN=Cc1c(O)[nH]c(=O)[nH]c1=O. The van der Waals surface area contributed by atoms with Gasteiger partial charge in [-0.05, 0) is 6.42 Å². The number of rotatable bonds is 8. The smallest absolute Gasteiger partial charge is 0.328 e. The van der Waals surface area contributed by atoms with Gasteiger partial charge in [0.15, 0.2) is 0 Å². The second-order valence-corrected chi connectivity index (χ2v) is 3.66. The fourth-order valence-electron chi connectivity index (χ4n) is 1.26. The monoisotopic (exact) mass is 271 g/mol. The first kappa shape index (κ1) is 15.1. The molecule has 0 unspecified atom stereocenters. The predicted octanol–water partition coefficient (Wildman–Crippen LogP) is -0.759. The summed E-state index contributed by atoms with van der Waals surface area (Å²) in [5, 5.41) is 9.37. The zero-order chi connectivity index (χ0) is 14.1. The molecule has 0 saturated carbocycles. The highest BCUT2D eigenvalue weighted by Crippen LogP contribution is 2.00. The van der Waals surface area contributed by atoms with E-state index in [2.05, 4.69) is 9.98 Å². The number of nitrogens with one attached hydrogen (secondary N) is 2. The van der Waals surface area contributed by atoms with Crippen molar-refractivity contribution in [3.8, 4) is 5.88 Å². The third kappa shape index (κ3) is 5.49. The molecule has 0 aromatic carbocycles. The average Bonchev–Trinajstić information content (AvgIpc) is 2.35. The van der Waals surface area contributed by atoms with Crippen molar-refractivity contribution < 1.29 is 14.6 Å². The molecule has 0 atom stereocenters. The van der Waals surface area contributed by atoms with E-state index < -0.39 is 17.1 Å². The minimum absolute atomic E-state index is 0.0695. The Hall–Kier alpha value is -1.93. The van der Waals surface area contributed by atoms with Gasteiger partial charge in [0.1, 0.15) is 5.56 Å². The third-order valence-electron chi connectivity index (χ3n) is 2.19. The van der Waals surface area contributed by atoms with Gasteiger partial charge in [-0.15, -0.1) is 0 Å². The molecule has 1 heterocycles. The largest absolute Gasteiger partial charge is 0.494 e. The molecular weight excluding hydrogens is 254 g/mol.